The molecule has 136 valence electrons. The van der Waals surface area contributed by atoms with Gasteiger partial charge in [0.2, 0.25) is 0 Å². The van der Waals surface area contributed by atoms with E-state index in [4.69, 9.17) is 5.84 Å². The van der Waals surface area contributed by atoms with Crippen molar-refractivity contribution in [3.63, 3.8) is 0 Å². The molecule has 0 aliphatic heterocycles. The van der Waals surface area contributed by atoms with Crippen molar-refractivity contribution in [1.82, 2.24) is 0 Å². The zero-order valence-electron chi connectivity index (χ0n) is 16.3. The lowest BCUT2D eigenvalue weighted by atomic mass is 9.86. The number of anilines is 1. The number of hydrogen-bond acceptors (Lipinski definition) is 2. The molecule has 2 nitrogen and oxygen atoms in total. The summed E-state index contributed by atoms with van der Waals surface area (Å²) in [6, 6.07) is 8.12. The molecule has 0 aromatic heterocycles. The molecule has 26 heavy (non-hydrogen) atoms. The van der Waals surface area contributed by atoms with Crippen LogP contribution in [0.5, 0.6) is 0 Å². The highest BCUT2D eigenvalue weighted by Gasteiger charge is 2.28. The number of hydrogen-bond donors (Lipinski definition) is 2. The summed E-state index contributed by atoms with van der Waals surface area (Å²) >= 11 is 0. The molecular weight excluding hydrogens is 316 g/mol. The maximum atomic E-state index is 5.63. The Kier molecular flexibility index (Phi) is 6.59. The summed E-state index contributed by atoms with van der Waals surface area (Å²) in [6.45, 7) is 12.6. The molecular formula is C24H30N2. The summed E-state index contributed by atoms with van der Waals surface area (Å²) in [6.07, 6.45) is 15.9. The quantitative estimate of drug-likeness (QED) is 0.359. The third-order valence-electron chi connectivity index (χ3n) is 4.76. The minimum atomic E-state index is 0.0157. The highest BCUT2D eigenvalue weighted by atomic mass is 15.2. The molecule has 1 aromatic rings. The predicted octanol–water partition coefficient (Wildman–Crippen LogP) is 6.04. The fraction of sp³-hybridized carbons (Fsp3) is 0.250. The molecule has 1 aromatic carbocycles. The van der Waals surface area contributed by atoms with Gasteiger partial charge in [-0.25, -0.2) is 0 Å². The van der Waals surface area contributed by atoms with Crippen LogP contribution in [-0.2, 0) is 6.42 Å². The van der Waals surface area contributed by atoms with Gasteiger partial charge in [0.05, 0.1) is 5.69 Å². The topological polar surface area (TPSA) is 38.0 Å². The Balaban J connectivity index is 2.28. The van der Waals surface area contributed by atoms with Crippen LogP contribution in [0.15, 0.2) is 95.7 Å². The van der Waals surface area contributed by atoms with Gasteiger partial charge in [-0.05, 0) is 54.2 Å². The van der Waals surface area contributed by atoms with Crippen LogP contribution in [0.4, 0.5) is 5.69 Å². The Bertz CT molecular complexity index is 814. The van der Waals surface area contributed by atoms with E-state index in [1.807, 2.05) is 24.3 Å². The number of nitrogens with one attached hydrogen (secondary N) is 1. The summed E-state index contributed by atoms with van der Waals surface area (Å²) in [4.78, 5) is 0. The molecule has 0 radical (unpaired) electrons. The van der Waals surface area contributed by atoms with E-state index < -0.39 is 0 Å². The van der Waals surface area contributed by atoms with Gasteiger partial charge in [-0.3, -0.25) is 5.84 Å². The average molecular weight is 347 g/mol. The first-order valence-corrected chi connectivity index (χ1v) is 9.07. The average Bonchev–Trinajstić information content (AvgIpc) is 2.88. The molecule has 0 saturated carbocycles. The first-order chi connectivity index (χ1) is 12.5. The normalized spacial score (nSPS) is 17.3. The van der Waals surface area contributed by atoms with Crippen molar-refractivity contribution in [2.24, 2.45) is 11.3 Å². The fourth-order valence-electron chi connectivity index (χ4n) is 3.37. The van der Waals surface area contributed by atoms with Crippen LogP contribution in [0.25, 0.3) is 0 Å². The molecule has 0 saturated heterocycles. The second kappa shape index (κ2) is 8.68. The second-order valence-corrected chi connectivity index (χ2v) is 7.03. The van der Waals surface area contributed by atoms with Crippen molar-refractivity contribution < 1.29 is 0 Å². The lowest BCUT2D eigenvalue weighted by molar-refractivity contribution is 0.604. The summed E-state index contributed by atoms with van der Waals surface area (Å²) in [5.74, 6) is 5.63. The van der Waals surface area contributed by atoms with Crippen molar-refractivity contribution >= 4 is 5.69 Å². The zero-order chi connectivity index (χ0) is 19.2. The monoisotopic (exact) mass is 346 g/mol. The van der Waals surface area contributed by atoms with Gasteiger partial charge in [0.1, 0.15) is 0 Å². The largest absolute Gasteiger partial charge is 0.324 e. The van der Waals surface area contributed by atoms with Crippen molar-refractivity contribution in [2.45, 2.75) is 34.1 Å². The Labute approximate surface area is 158 Å². The molecule has 0 amide bonds. The van der Waals surface area contributed by atoms with Crippen LogP contribution < -0.4 is 11.3 Å². The number of benzene rings is 1. The molecule has 0 bridgehead atoms. The summed E-state index contributed by atoms with van der Waals surface area (Å²) in [5, 5.41) is 0. The van der Waals surface area contributed by atoms with Crippen LogP contribution in [0.2, 0.25) is 0 Å². The van der Waals surface area contributed by atoms with Gasteiger partial charge in [0.15, 0.2) is 0 Å². The third kappa shape index (κ3) is 4.33. The number of allylic oxidation sites excluding steroid dienone is 11. The van der Waals surface area contributed by atoms with Crippen molar-refractivity contribution in [1.29, 1.82) is 0 Å². The minimum absolute atomic E-state index is 0.0157. The van der Waals surface area contributed by atoms with Gasteiger partial charge < -0.3 is 5.43 Å². The van der Waals surface area contributed by atoms with Crippen LogP contribution in [0.3, 0.4) is 0 Å². The van der Waals surface area contributed by atoms with Gasteiger partial charge >= 0.3 is 0 Å². The minimum Gasteiger partial charge on any atom is -0.324 e. The third-order valence-corrected chi connectivity index (χ3v) is 4.76. The number of para-hydroxylation sites is 1. The SMILES string of the molecule is C=CC1=C(/C=C\C)C(C)(C)C=C1/C=C\C(=C/C)Cc1ccccc1NN. The molecule has 0 unspecified atom stereocenters. The van der Waals surface area contributed by atoms with Crippen molar-refractivity contribution in [3.05, 3.63) is 101 Å². The summed E-state index contributed by atoms with van der Waals surface area (Å²) in [5.41, 5.74) is 9.93. The van der Waals surface area contributed by atoms with Crippen LogP contribution in [-0.4, -0.2) is 0 Å². The van der Waals surface area contributed by atoms with Crippen molar-refractivity contribution in [2.75, 3.05) is 5.43 Å². The standard InChI is InChI=1S/C24H30N2/c1-6-11-22-21(8-3)20(17-24(22,4)5)15-14-18(7-2)16-19-12-9-10-13-23(19)26-25/h6-15,17,26H,3,16,25H2,1-2,4-5H3/b11-6-,15-14-,18-7+. The van der Waals surface area contributed by atoms with E-state index in [-0.39, 0.29) is 5.41 Å². The molecule has 0 heterocycles. The number of nitrogens with two attached hydrogens (primary N) is 1. The Morgan fingerprint density at radius 3 is 2.54 bits per heavy atom. The fourth-order valence-corrected chi connectivity index (χ4v) is 3.37. The lowest BCUT2D eigenvalue weighted by Crippen LogP contribution is -2.09. The molecule has 0 fully saturated rings. The lowest BCUT2D eigenvalue weighted by Gasteiger charge is -2.18. The zero-order valence-corrected chi connectivity index (χ0v) is 16.3. The summed E-state index contributed by atoms with van der Waals surface area (Å²) in [7, 11) is 0. The van der Waals surface area contributed by atoms with Gasteiger partial charge in [0, 0.05) is 5.41 Å². The molecule has 0 atom stereocenters. The second-order valence-electron chi connectivity index (χ2n) is 7.03. The highest BCUT2D eigenvalue weighted by molar-refractivity contribution is 5.61. The van der Waals surface area contributed by atoms with Crippen LogP contribution in [0, 0.1) is 5.41 Å². The predicted molar refractivity (Wildman–Crippen MR) is 115 cm³/mol. The first-order valence-electron chi connectivity index (χ1n) is 9.07. The summed E-state index contributed by atoms with van der Waals surface area (Å²) < 4.78 is 0. The molecule has 2 rings (SSSR count). The Morgan fingerprint density at radius 1 is 1.19 bits per heavy atom. The number of hydrazine groups is 1. The van der Waals surface area contributed by atoms with Gasteiger partial charge in [-0.1, -0.05) is 81.2 Å². The van der Waals surface area contributed by atoms with Crippen LogP contribution in [0.1, 0.15) is 33.3 Å². The highest BCUT2D eigenvalue weighted by Crippen LogP contribution is 2.42. The van der Waals surface area contributed by atoms with E-state index in [1.54, 1.807) is 0 Å². The van der Waals surface area contributed by atoms with Gasteiger partial charge in [-0.2, -0.15) is 0 Å². The maximum absolute atomic E-state index is 5.63. The maximum Gasteiger partial charge on any atom is 0.0520 e. The van der Waals surface area contributed by atoms with E-state index >= 15 is 0 Å². The van der Waals surface area contributed by atoms with Crippen LogP contribution >= 0.6 is 0 Å². The Morgan fingerprint density at radius 2 is 1.92 bits per heavy atom. The van der Waals surface area contributed by atoms with E-state index in [0.29, 0.717) is 0 Å². The smallest absolute Gasteiger partial charge is 0.0520 e. The van der Waals surface area contributed by atoms with Crippen molar-refractivity contribution in [3.8, 4) is 0 Å². The van der Waals surface area contributed by atoms with Gasteiger partial charge in [-0.15, -0.1) is 0 Å². The molecule has 3 N–H and O–H groups in total. The molecule has 1 aliphatic rings. The van der Waals surface area contributed by atoms with E-state index in [1.165, 1.54) is 27.9 Å². The van der Waals surface area contributed by atoms with E-state index in [2.05, 4.69) is 82.2 Å². The molecule has 2 heteroatoms. The van der Waals surface area contributed by atoms with E-state index in [0.717, 1.165) is 12.1 Å². The van der Waals surface area contributed by atoms with E-state index in [9.17, 15) is 0 Å². The molecule has 1 aliphatic carbocycles. The molecule has 0 spiro atoms. The Hall–Kier alpha value is -2.58. The number of rotatable bonds is 7. The first kappa shape index (κ1) is 19.7. The number of nitrogen functional groups attached to an aromatic ring is 1. The van der Waals surface area contributed by atoms with Gasteiger partial charge in [0.25, 0.3) is 0 Å².